The molecule has 3 rings (SSSR count). The molecule has 3 atom stereocenters. The average molecular weight is 547 g/mol. The van der Waals surface area contributed by atoms with E-state index in [1.165, 1.54) is 39.2 Å². The smallest absolute Gasteiger partial charge is 0.406 e. The Morgan fingerprint density at radius 2 is 2.08 bits per heavy atom. The van der Waals surface area contributed by atoms with E-state index in [0.717, 1.165) is 37.9 Å². The number of nitrogens with one attached hydrogen (secondary N) is 3. The number of nitrogens with zero attached hydrogens (tertiary/aromatic N) is 3. The molecular formula is C28H43ClN6O3. The van der Waals surface area contributed by atoms with E-state index in [0.29, 0.717) is 36.6 Å². The van der Waals surface area contributed by atoms with Crippen molar-refractivity contribution in [1.82, 2.24) is 20.9 Å². The van der Waals surface area contributed by atoms with E-state index < -0.39 is 6.09 Å². The molecule has 0 aromatic heterocycles. The lowest BCUT2D eigenvalue weighted by Crippen LogP contribution is -2.52. The van der Waals surface area contributed by atoms with Crippen LogP contribution < -0.4 is 16.0 Å². The molecule has 210 valence electrons. The Kier molecular flexibility index (Phi) is 13.0. The van der Waals surface area contributed by atoms with Gasteiger partial charge in [-0.2, -0.15) is 5.26 Å². The Hall–Kier alpha value is -2.54. The SMILES string of the molecule is CNC[C@H](CC1CCCCC1)N/C(=N\C#N)N1CCC[C@@H]([C@@H](OCCNC(=O)OC)c2cccc(Cl)c2)C1. The highest BCUT2D eigenvalue weighted by Gasteiger charge is 2.32. The molecule has 0 radical (unpaired) electrons. The largest absolute Gasteiger partial charge is 0.453 e. The number of likely N-dealkylation sites (N-methyl/N-ethyl adjacent to an activating group) is 1. The second-order valence-corrected chi connectivity index (χ2v) is 10.7. The van der Waals surface area contributed by atoms with Gasteiger partial charge in [0.15, 0.2) is 0 Å². The van der Waals surface area contributed by atoms with Gasteiger partial charge in [-0.25, -0.2) is 4.79 Å². The highest BCUT2D eigenvalue weighted by atomic mass is 35.5. The summed E-state index contributed by atoms with van der Waals surface area (Å²) in [5, 5.41) is 19.8. The van der Waals surface area contributed by atoms with Crippen molar-refractivity contribution in [1.29, 1.82) is 5.26 Å². The number of nitriles is 1. The molecule has 1 heterocycles. The van der Waals surface area contributed by atoms with Crippen LogP contribution in [0.5, 0.6) is 0 Å². The van der Waals surface area contributed by atoms with Gasteiger partial charge in [-0.1, -0.05) is 55.8 Å². The van der Waals surface area contributed by atoms with Crippen molar-refractivity contribution in [2.45, 2.75) is 63.5 Å². The molecule has 1 saturated heterocycles. The fraction of sp³-hybridized carbons (Fsp3) is 0.679. The average Bonchev–Trinajstić information content (AvgIpc) is 2.93. The molecule has 1 amide bonds. The van der Waals surface area contributed by atoms with Gasteiger partial charge in [0, 0.05) is 43.2 Å². The quantitative estimate of drug-likeness (QED) is 0.163. The summed E-state index contributed by atoms with van der Waals surface area (Å²) in [6.07, 6.45) is 10.8. The molecule has 3 N–H and O–H groups in total. The third-order valence-electron chi connectivity index (χ3n) is 7.50. The number of piperidine rings is 1. The third-order valence-corrected chi connectivity index (χ3v) is 7.73. The van der Waals surface area contributed by atoms with Gasteiger partial charge in [0.1, 0.15) is 0 Å². The van der Waals surface area contributed by atoms with E-state index in [9.17, 15) is 10.1 Å². The molecule has 1 saturated carbocycles. The third kappa shape index (κ3) is 9.64. The summed E-state index contributed by atoms with van der Waals surface area (Å²) in [5.74, 6) is 1.52. The first-order chi connectivity index (χ1) is 18.5. The number of carbonyl (C=O) groups excluding carboxylic acids is 1. The fourth-order valence-electron chi connectivity index (χ4n) is 5.74. The van der Waals surface area contributed by atoms with Crippen LogP contribution in [0.15, 0.2) is 29.3 Å². The zero-order chi connectivity index (χ0) is 27.2. The van der Waals surface area contributed by atoms with Gasteiger partial charge >= 0.3 is 6.09 Å². The lowest BCUT2D eigenvalue weighted by Gasteiger charge is -2.39. The second-order valence-electron chi connectivity index (χ2n) is 10.3. The highest BCUT2D eigenvalue weighted by molar-refractivity contribution is 6.30. The topological polar surface area (TPSA) is 111 Å². The summed E-state index contributed by atoms with van der Waals surface area (Å²) in [6, 6.07) is 7.95. The van der Waals surface area contributed by atoms with Crippen LogP contribution in [0, 0.1) is 23.3 Å². The molecule has 38 heavy (non-hydrogen) atoms. The zero-order valence-corrected chi connectivity index (χ0v) is 23.5. The number of ether oxygens (including phenoxy) is 2. The summed E-state index contributed by atoms with van der Waals surface area (Å²) >= 11 is 6.33. The number of hydrogen-bond acceptors (Lipinski definition) is 6. The van der Waals surface area contributed by atoms with Crippen LogP contribution in [0.1, 0.15) is 63.0 Å². The van der Waals surface area contributed by atoms with Gasteiger partial charge in [-0.05, 0) is 49.9 Å². The molecule has 1 aromatic rings. The summed E-state index contributed by atoms with van der Waals surface area (Å²) in [6.45, 7) is 3.03. The van der Waals surface area contributed by atoms with Crippen molar-refractivity contribution in [3.63, 3.8) is 0 Å². The monoisotopic (exact) mass is 546 g/mol. The molecule has 0 unspecified atom stereocenters. The summed E-state index contributed by atoms with van der Waals surface area (Å²) in [7, 11) is 3.31. The van der Waals surface area contributed by atoms with Crippen LogP contribution >= 0.6 is 11.6 Å². The molecule has 2 aliphatic rings. The number of alkyl carbamates (subject to hydrolysis) is 1. The van der Waals surface area contributed by atoms with E-state index in [4.69, 9.17) is 16.3 Å². The second kappa shape index (κ2) is 16.4. The van der Waals surface area contributed by atoms with Crippen LogP contribution in [0.4, 0.5) is 4.79 Å². The highest BCUT2D eigenvalue weighted by Crippen LogP contribution is 2.34. The minimum Gasteiger partial charge on any atom is -0.453 e. The van der Waals surface area contributed by atoms with Crippen LogP contribution in [0.3, 0.4) is 0 Å². The van der Waals surface area contributed by atoms with Gasteiger partial charge in [0.05, 0.1) is 19.8 Å². The number of guanidine groups is 1. The van der Waals surface area contributed by atoms with Crippen molar-refractivity contribution < 1.29 is 14.3 Å². The number of hydrogen-bond donors (Lipinski definition) is 3. The Morgan fingerprint density at radius 1 is 1.26 bits per heavy atom. The number of aliphatic imine (C=N–C) groups is 1. The number of likely N-dealkylation sites (tertiary alicyclic amines) is 1. The fourth-order valence-corrected chi connectivity index (χ4v) is 5.94. The van der Waals surface area contributed by atoms with Crippen molar-refractivity contribution in [3.8, 4) is 6.19 Å². The molecule has 2 fully saturated rings. The number of methoxy groups -OCH3 is 1. The Labute approximate surface area is 232 Å². The van der Waals surface area contributed by atoms with Crippen LogP contribution in [0.2, 0.25) is 5.02 Å². The molecule has 1 aliphatic carbocycles. The molecule has 0 spiro atoms. The van der Waals surface area contributed by atoms with Gasteiger partial charge in [0.25, 0.3) is 0 Å². The maximum absolute atomic E-state index is 11.4. The van der Waals surface area contributed by atoms with Gasteiger partial charge in [0.2, 0.25) is 12.2 Å². The Morgan fingerprint density at radius 3 is 2.79 bits per heavy atom. The number of halogens is 1. The van der Waals surface area contributed by atoms with Gasteiger partial charge < -0.3 is 30.3 Å². The van der Waals surface area contributed by atoms with Crippen molar-refractivity contribution >= 4 is 23.7 Å². The number of benzene rings is 1. The standard InChI is InChI=1S/C28H43ClN6O3/c1-31-18-25(16-21-8-4-3-5-9-21)34-27(33-20-30)35-14-7-11-23(19-35)26(22-10-6-12-24(29)17-22)38-15-13-32-28(36)37-2/h6,10,12,17,21,23,25-26,31H,3-5,7-9,11,13-16,18-19H2,1-2H3,(H,32,36)(H,33,34)/t23-,25+,26+/m1/s1. The van der Waals surface area contributed by atoms with E-state index in [1.807, 2.05) is 37.5 Å². The zero-order valence-electron chi connectivity index (χ0n) is 22.8. The molecule has 10 heteroatoms. The Bertz CT molecular complexity index is 933. The van der Waals surface area contributed by atoms with E-state index >= 15 is 0 Å². The first kappa shape index (κ1) is 30.0. The van der Waals surface area contributed by atoms with Crippen molar-refractivity contribution in [2.24, 2.45) is 16.8 Å². The minimum atomic E-state index is -0.482. The van der Waals surface area contributed by atoms with E-state index in [-0.39, 0.29) is 18.1 Å². The first-order valence-corrected chi connectivity index (χ1v) is 14.2. The molecule has 1 aliphatic heterocycles. The van der Waals surface area contributed by atoms with Crippen LogP contribution in [0.25, 0.3) is 0 Å². The van der Waals surface area contributed by atoms with Gasteiger partial charge in [-0.15, -0.1) is 4.99 Å². The Balaban J connectivity index is 1.71. The van der Waals surface area contributed by atoms with Gasteiger partial charge in [-0.3, -0.25) is 0 Å². The predicted molar refractivity (Wildman–Crippen MR) is 150 cm³/mol. The van der Waals surface area contributed by atoms with E-state index in [1.54, 1.807) is 0 Å². The van der Waals surface area contributed by atoms with Crippen molar-refractivity contribution in [2.75, 3.05) is 46.9 Å². The molecular weight excluding hydrogens is 504 g/mol. The molecule has 1 aromatic carbocycles. The number of amides is 1. The molecule has 9 nitrogen and oxygen atoms in total. The van der Waals surface area contributed by atoms with E-state index in [2.05, 4.69) is 30.6 Å². The summed E-state index contributed by atoms with van der Waals surface area (Å²) < 4.78 is 11.0. The summed E-state index contributed by atoms with van der Waals surface area (Å²) in [4.78, 5) is 17.9. The first-order valence-electron chi connectivity index (χ1n) is 13.9. The lowest BCUT2D eigenvalue weighted by molar-refractivity contribution is -0.00587. The molecule has 0 bridgehead atoms. The maximum atomic E-state index is 11.4. The minimum absolute atomic E-state index is 0.159. The summed E-state index contributed by atoms with van der Waals surface area (Å²) in [5.41, 5.74) is 1.000. The normalized spacial score (nSPS) is 20.3. The maximum Gasteiger partial charge on any atom is 0.406 e. The van der Waals surface area contributed by atoms with Crippen LogP contribution in [-0.2, 0) is 9.47 Å². The van der Waals surface area contributed by atoms with Crippen molar-refractivity contribution in [3.05, 3.63) is 34.9 Å². The number of carbonyl (C=O) groups is 1. The number of rotatable bonds is 11. The lowest BCUT2D eigenvalue weighted by atomic mass is 9.84. The van der Waals surface area contributed by atoms with Crippen LogP contribution in [-0.4, -0.2) is 69.9 Å². The predicted octanol–water partition coefficient (Wildman–Crippen LogP) is 4.45.